The summed E-state index contributed by atoms with van der Waals surface area (Å²) in [4.78, 5) is 6.19. The molecule has 0 amide bonds. The summed E-state index contributed by atoms with van der Waals surface area (Å²) in [6.07, 6.45) is 1.60. The molecule has 0 aliphatic carbocycles. The summed E-state index contributed by atoms with van der Waals surface area (Å²) in [5, 5.41) is 9.62. The summed E-state index contributed by atoms with van der Waals surface area (Å²) in [6.45, 7) is 0.925. The quantitative estimate of drug-likeness (QED) is 0.558. The van der Waals surface area contributed by atoms with E-state index < -0.39 is 0 Å². The van der Waals surface area contributed by atoms with Crippen molar-refractivity contribution >= 4 is 40.6 Å². The number of halogens is 3. The van der Waals surface area contributed by atoms with E-state index in [0.717, 1.165) is 11.3 Å². The van der Waals surface area contributed by atoms with E-state index in [4.69, 9.17) is 39.2 Å². The van der Waals surface area contributed by atoms with Crippen molar-refractivity contribution in [3.63, 3.8) is 0 Å². The summed E-state index contributed by atoms with van der Waals surface area (Å²) >= 11 is 18.6. The Morgan fingerprint density at radius 2 is 1.72 bits per heavy atom. The molecule has 2 aromatic heterocycles. The zero-order valence-electron chi connectivity index (χ0n) is 12.9. The van der Waals surface area contributed by atoms with E-state index in [9.17, 15) is 5.26 Å². The first kappa shape index (κ1) is 17.6. The van der Waals surface area contributed by atoms with Crippen molar-refractivity contribution in [3.8, 4) is 6.07 Å². The second-order valence-electron chi connectivity index (χ2n) is 5.26. The van der Waals surface area contributed by atoms with Gasteiger partial charge in [-0.3, -0.25) is 0 Å². The number of rotatable bonds is 5. The molecule has 0 spiro atoms. The number of nitriles is 1. The van der Waals surface area contributed by atoms with Crippen molar-refractivity contribution in [2.45, 2.75) is 13.1 Å². The van der Waals surface area contributed by atoms with Crippen molar-refractivity contribution in [2.24, 2.45) is 0 Å². The van der Waals surface area contributed by atoms with E-state index in [0.29, 0.717) is 18.9 Å². The zero-order valence-corrected chi connectivity index (χ0v) is 15.2. The summed E-state index contributed by atoms with van der Waals surface area (Å²) in [7, 11) is 0. The standard InChI is InChI=1S/C18H12Cl3N3O/c19-15-14(9-22)23-18(17(21)16(15)20)24(11-13-7-4-8-25-13)10-12-5-2-1-3-6-12/h1-8H,10-11H2. The maximum Gasteiger partial charge on any atom is 0.163 e. The molecule has 0 unspecified atom stereocenters. The molecule has 1 aromatic carbocycles. The third-order valence-corrected chi connectivity index (χ3v) is 4.85. The Labute approximate surface area is 160 Å². The highest BCUT2D eigenvalue weighted by Gasteiger charge is 2.21. The number of nitrogens with zero attached hydrogens (tertiary/aromatic N) is 3. The van der Waals surface area contributed by atoms with Gasteiger partial charge < -0.3 is 9.32 Å². The van der Waals surface area contributed by atoms with Gasteiger partial charge in [0.05, 0.1) is 22.9 Å². The molecule has 25 heavy (non-hydrogen) atoms. The first-order valence-corrected chi connectivity index (χ1v) is 8.49. The molecule has 0 bridgehead atoms. The van der Waals surface area contributed by atoms with Crippen LogP contribution in [0, 0.1) is 11.3 Å². The molecule has 4 nitrogen and oxygen atoms in total. The topological polar surface area (TPSA) is 53.1 Å². The van der Waals surface area contributed by atoms with Gasteiger partial charge in [0.25, 0.3) is 0 Å². The summed E-state index contributed by atoms with van der Waals surface area (Å²) in [5.74, 6) is 1.12. The van der Waals surface area contributed by atoms with Gasteiger partial charge in [0.2, 0.25) is 0 Å². The van der Waals surface area contributed by atoms with Crippen LogP contribution in [0.1, 0.15) is 17.0 Å². The lowest BCUT2D eigenvalue weighted by atomic mass is 10.2. The van der Waals surface area contributed by atoms with E-state index in [1.54, 1.807) is 12.3 Å². The number of aromatic nitrogens is 1. The number of hydrogen-bond acceptors (Lipinski definition) is 4. The fourth-order valence-electron chi connectivity index (χ4n) is 2.39. The Balaban J connectivity index is 2.05. The maximum atomic E-state index is 9.25. The average Bonchev–Trinajstić information content (AvgIpc) is 3.14. The second kappa shape index (κ2) is 7.79. The van der Waals surface area contributed by atoms with Crippen LogP contribution in [0.25, 0.3) is 0 Å². The lowest BCUT2D eigenvalue weighted by Gasteiger charge is -2.24. The minimum Gasteiger partial charge on any atom is -0.467 e. The summed E-state index contributed by atoms with van der Waals surface area (Å²) in [6, 6.07) is 15.4. The van der Waals surface area contributed by atoms with Crippen LogP contribution in [0.3, 0.4) is 0 Å². The van der Waals surface area contributed by atoms with Gasteiger partial charge in [0.1, 0.15) is 16.9 Å². The van der Waals surface area contributed by atoms with Gasteiger partial charge in [0.15, 0.2) is 11.5 Å². The molecule has 0 aliphatic heterocycles. The maximum absolute atomic E-state index is 9.25. The van der Waals surface area contributed by atoms with E-state index in [-0.39, 0.29) is 20.8 Å². The van der Waals surface area contributed by atoms with Crippen molar-refractivity contribution in [3.05, 3.63) is 80.8 Å². The van der Waals surface area contributed by atoms with Crippen molar-refractivity contribution in [2.75, 3.05) is 4.90 Å². The van der Waals surface area contributed by atoms with E-state index in [1.807, 2.05) is 47.4 Å². The zero-order chi connectivity index (χ0) is 17.8. The van der Waals surface area contributed by atoms with E-state index in [2.05, 4.69) is 4.98 Å². The van der Waals surface area contributed by atoms with Gasteiger partial charge in [-0.25, -0.2) is 4.98 Å². The number of hydrogen-bond donors (Lipinski definition) is 0. The van der Waals surface area contributed by atoms with Gasteiger partial charge in [-0.05, 0) is 17.7 Å². The second-order valence-corrected chi connectivity index (χ2v) is 6.39. The van der Waals surface area contributed by atoms with Crippen LogP contribution >= 0.6 is 34.8 Å². The number of benzene rings is 1. The largest absolute Gasteiger partial charge is 0.467 e. The Kier molecular flexibility index (Phi) is 5.50. The third-order valence-electron chi connectivity index (χ3n) is 3.56. The number of furan rings is 1. The summed E-state index contributed by atoms with van der Waals surface area (Å²) in [5.41, 5.74) is 1.08. The smallest absolute Gasteiger partial charge is 0.163 e. The highest BCUT2D eigenvalue weighted by Crippen LogP contribution is 2.38. The minimum atomic E-state index is 0.0311. The van der Waals surface area contributed by atoms with Crippen molar-refractivity contribution in [1.82, 2.24) is 4.98 Å². The Morgan fingerprint density at radius 1 is 0.960 bits per heavy atom. The highest BCUT2D eigenvalue weighted by molar-refractivity contribution is 6.49. The van der Waals surface area contributed by atoms with Crippen LogP contribution in [0.15, 0.2) is 53.1 Å². The Morgan fingerprint density at radius 3 is 2.36 bits per heavy atom. The average molecular weight is 393 g/mol. The molecule has 0 radical (unpaired) electrons. The van der Waals surface area contributed by atoms with Crippen LogP contribution in [0.5, 0.6) is 0 Å². The number of pyridine rings is 1. The molecule has 7 heteroatoms. The molecule has 2 heterocycles. The Hall–Kier alpha value is -2.19. The fourth-order valence-corrected chi connectivity index (χ4v) is 3.04. The highest BCUT2D eigenvalue weighted by atomic mass is 35.5. The van der Waals surface area contributed by atoms with Gasteiger partial charge in [0, 0.05) is 6.54 Å². The fraction of sp³-hybridized carbons (Fsp3) is 0.111. The minimum absolute atomic E-state index is 0.0311. The lowest BCUT2D eigenvalue weighted by molar-refractivity contribution is 0.500. The number of anilines is 1. The monoisotopic (exact) mass is 391 g/mol. The predicted octanol–water partition coefficient (Wildman–Crippen LogP) is 5.71. The van der Waals surface area contributed by atoms with E-state index in [1.165, 1.54) is 0 Å². The molecule has 0 saturated heterocycles. The molecular weight excluding hydrogens is 381 g/mol. The molecule has 0 N–H and O–H groups in total. The van der Waals surface area contributed by atoms with Gasteiger partial charge in [-0.2, -0.15) is 5.26 Å². The lowest BCUT2D eigenvalue weighted by Crippen LogP contribution is -2.23. The first-order chi connectivity index (χ1) is 12.1. The molecule has 0 aliphatic rings. The van der Waals surface area contributed by atoms with Crippen LogP contribution < -0.4 is 4.90 Å². The van der Waals surface area contributed by atoms with Crippen molar-refractivity contribution in [1.29, 1.82) is 5.26 Å². The molecule has 3 aromatic rings. The molecule has 3 rings (SSSR count). The van der Waals surface area contributed by atoms with Gasteiger partial charge in [-0.15, -0.1) is 0 Å². The normalized spacial score (nSPS) is 10.5. The summed E-state index contributed by atoms with van der Waals surface area (Å²) < 4.78 is 5.44. The van der Waals surface area contributed by atoms with Gasteiger partial charge in [-0.1, -0.05) is 65.1 Å². The third kappa shape index (κ3) is 3.91. The van der Waals surface area contributed by atoms with Crippen LogP contribution in [0.2, 0.25) is 15.1 Å². The van der Waals surface area contributed by atoms with E-state index >= 15 is 0 Å². The Bertz CT molecular complexity index is 906. The van der Waals surface area contributed by atoms with Crippen LogP contribution in [-0.4, -0.2) is 4.98 Å². The molecule has 126 valence electrons. The SMILES string of the molecule is N#Cc1nc(N(Cc2ccccc2)Cc2ccco2)c(Cl)c(Cl)c1Cl. The molecule has 0 fully saturated rings. The molecular formula is C18H12Cl3N3O. The molecule has 0 atom stereocenters. The molecule has 0 saturated carbocycles. The van der Waals surface area contributed by atoms with Crippen LogP contribution in [0.4, 0.5) is 5.82 Å². The van der Waals surface area contributed by atoms with Crippen LogP contribution in [-0.2, 0) is 13.1 Å². The van der Waals surface area contributed by atoms with Crippen molar-refractivity contribution < 1.29 is 4.42 Å². The first-order valence-electron chi connectivity index (χ1n) is 7.36. The van der Waals surface area contributed by atoms with Gasteiger partial charge >= 0.3 is 0 Å². The predicted molar refractivity (Wildman–Crippen MR) is 99.0 cm³/mol.